The number of nitrogens with one attached hydrogen (secondary N) is 1. The Balaban J connectivity index is 1.88. The zero-order valence-electron chi connectivity index (χ0n) is 15.5. The van der Waals surface area contributed by atoms with Crippen LogP contribution in [0.25, 0.3) is 6.08 Å². The maximum absolute atomic E-state index is 13.2. The van der Waals surface area contributed by atoms with Gasteiger partial charge in [0, 0.05) is 18.1 Å². The summed E-state index contributed by atoms with van der Waals surface area (Å²) in [6.07, 6.45) is 5.89. The van der Waals surface area contributed by atoms with Crippen molar-refractivity contribution in [2.24, 2.45) is 0 Å². The average Bonchev–Trinajstić information content (AvgIpc) is 2.97. The van der Waals surface area contributed by atoms with Crippen molar-refractivity contribution in [1.82, 2.24) is 10.2 Å². The lowest BCUT2D eigenvalue weighted by molar-refractivity contribution is -0.127. The third-order valence-corrected chi connectivity index (χ3v) is 5.21. The molecule has 2 amide bonds. The standard InChI is InChI=1S/C22H22Cl2N2O2/c23-17-10-11-18(19(24)15-17)21(27)25-20(14-16-8-4-3-5-9-16)22(28)26-12-6-1-2-7-13-26/h3-5,8-11,14-15H,1-2,6-7,12-13H2,(H,25,27). The minimum absolute atomic E-state index is 0.177. The first-order valence-electron chi connectivity index (χ1n) is 9.37. The van der Waals surface area contributed by atoms with Crippen LogP contribution in [0.3, 0.4) is 0 Å². The first-order chi connectivity index (χ1) is 13.5. The highest BCUT2D eigenvalue weighted by Crippen LogP contribution is 2.22. The normalized spacial score (nSPS) is 15.1. The number of amides is 2. The highest BCUT2D eigenvalue weighted by atomic mass is 35.5. The molecule has 2 aromatic rings. The maximum Gasteiger partial charge on any atom is 0.270 e. The molecule has 1 aliphatic heterocycles. The van der Waals surface area contributed by atoms with Gasteiger partial charge in [-0.05, 0) is 42.7 Å². The van der Waals surface area contributed by atoms with E-state index >= 15 is 0 Å². The second-order valence-corrected chi connectivity index (χ2v) is 7.60. The average molecular weight is 417 g/mol. The first-order valence-corrected chi connectivity index (χ1v) is 10.1. The van der Waals surface area contributed by atoms with E-state index in [0.717, 1.165) is 31.2 Å². The van der Waals surface area contributed by atoms with Crippen molar-refractivity contribution < 1.29 is 9.59 Å². The highest BCUT2D eigenvalue weighted by Gasteiger charge is 2.22. The van der Waals surface area contributed by atoms with Crippen molar-refractivity contribution in [2.75, 3.05) is 13.1 Å². The Kier molecular flexibility index (Phi) is 7.12. The van der Waals surface area contributed by atoms with Crippen LogP contribution in [0.15, 0.2) is 54.2 Å². The highest BCUT2D eigenvalue weighted by molar-refractivity contribution is 6.36. The maximum atomic E-state index is 13.2. The lowest BCUT2D eigenvalue weighted by atomic mass is 10.1. The van der Waals surface area contributed by atoms with Gasteiger partial charge in [-0.1, -0.05) is 66.4 Å². The molecular formula is C22H22Cl2N2O2. The Morgan fingerprint density at radius 3 is 2.25 bits per heavy atom. The van der Waals surface area contributed by atoms with Gasteiger partial charge < -0.3 is 10.2 Å². The molecule has 0 radical (unpaired) electrons. The molecule has 0 saturated carbocycles. The van der Waals surface area contributed by atoms with Gasteiger partial charge in [0.1, 0.15) is 5.70 Å². The topological polar surface area (TPSA) is 49.4 Å². The third-order valence-electron chi connectivity index (χ3n) is 4.66. The van der Waals surface area contributed by atoms with Gasteiger partial charge in [0.25, 0.3) is 11.8 Å². The molecular weight excluding hydrogens is 395 g/mol. The van der Waals surface area contributed by atoms with Crippen molar-refractivity contribution in [3.05, 3.63) is 75.4 Å². The van der Waals surface area contributed by atoms with E-state index in [1.807, 2.05) is 35.2 Å². The van der Waals surface area contributed by atoms with Gasteiger partial charge >= 0.3 is 0 Å². The van der Waals surface area contributed by atoms with Crippen LogP contribution in [0.4, 0.5) is 0 Å². The minimum Gasteiger partial charge on any atom is -0.337 e. The van der Waals surface area contributed by atoms with E-state index in [1.165, 1.54) is 6.07 Å². The van der Waals surface area contributed by atoms with Crippen molar-refractivity contribution in [3.8, 4) is 0 Å². The Hall–Kier alpha value is -2.30. The van der Waals surface area contributed by atoms with Crippen molar-refractivity contribution in [1.29, 1.82) is 0 Å². The largest absolute Gasteiger partial charge is 0.337 e. The molecule has 146 valence electrons. The van der Waals surface area contributed by atoms with Gasteiger partial charge in [-0.2, -0.15) is 0 Å². The van der Waals surface area contributed by atoms with Gasteiger partial charge in [-0.15, -0.1) is 0 Å². The third kappa shape index (κ3) is 5.37. The summed E-state index contributed by atoms with van der Waals surface area (Å²) in [5.41, 5.74) is 1.35. The minimum atomic E-state index is -0.438. The fraction of sp³-hybridized carbons (Fsp3) is 0.273. The summed E-state index contributed by atoms with van der Waals surface area (Å²) >= 11 is 12.1. The molecule has 0 atom stereocenters. The first kappa shape index (κ1) is 20.4. The van der Waals surface area contributed by atoms with Crippen LogP contribution in [0.5, 0.6) is 0 Å². The van der Waals surface area contributed by atoms with Crippen molar-refractivity contribution in [3.63, 3.8) is 0 Å². The van der Waals surface area contributed by atoms with Crippen molar-refractivity contribution in [2.45, 2.75) is 25.7 Å². The quantitative estimate of drug-likeness (QED) is 0.698. The fourth-order valence-electron chi connectivity index (χ4n) is 3.17. The molecule has 6 heteroatoms. The summed E-state index contributed by atoms with van der Waals surface area (Å²) in [4.78, 5) is 27.7. The number of nitrogens with zero attached hydrogens (tertiary/aromatic N) is 1. The molecule has 1 N–H and O–H groups in total. The van der Waals surface area contributed by atoms with E-state index in [9.17, 15) is 9.59 Å². The predicted molar refractivity (Wildman–Crippen MR) is 113 cm³/mol. The lowest BCUT2D eigenvalue weighted by Crippen LogP contribution is -2.39. The van der Waals surface area contributed by atoms with E-state index in [4.69, 9.17) is 23.2 Å². The fourth-order valence-corrected chi connectivity index (χ4v) is 3.67. The number of hydrogen-bond donors (Lipinski definition) is 1. The molecule has 0 aromatic heterocycles. The van der Waals surface area contributed by atoms with Gasteiger partial charge in [0.05, 0.1) is 10.6 Å². The molecule has 0 spiro atoms. The Bertz CT molecular complexity index is 873. The van der Waals surface area contributed by atoms with Gasteiger partial charge in [-0.3, -0.25) is 9.59 Å². The second-order valence-electron chi connectivity index (χ2n) is 6.75. The van der Waals surface area contributed by atoms with Gasteiger partial charge in [0.15, 0.2) is 0 Å². The molecule has 1 saturated heterocycles. The number of benzene rings is 2. The summed E-state index contributed by atoms with van der Waals surface area (Å²) in [5, 5.41) is 3.45. The Morgan fingerprint density at radius 2 is 1.61 bits per heavy atom. The smallest absolute Gasteiger partial charge is 0.270 e. The van der Waals surface area contributed by atoms with Crippen LogP contribution in [0.1, 0.15) is 41.6 Å². The van der Waals surface area contributed by atoms with E-state index in [1.54, 1.807) is 18.2 Å². The second kappa shape index (κ2) is 9.76. The van der Waals surface area contributed by atoms with Crippen LogP contribution in [0.2, 0.25) is 10.0 Å². The molecule has 3 rings (SSSR count). The molecule has 1 aliphatic rings. The van der Waals surface area contributed by atoms with Crippen LogP contribution in [0, 0.1) is 0 Å². The SMILES string of the molecule is O=C(NC(=Cc1ccccc1)C(=O)N1CCCCCC1)c1ccc(Cl)cc1Cl. The van der Waals surface area contributed by atoms with E-state index in [0.29, 0.717) is 18.1 Å². The summed E-state index contributed by atoms with van der Waals surface area (Å²) < 4.78 is 0. The van der Waals surface area contributed by atoms with Crippen LogP contribution < -0.4 is 5.32 Å². The summed E-state index contributed by atoms with van der Waals surface area (Å²) in [6, 6.07) is 14.1. The van der Waals surface area contributed by atoms with E-state index in [-0.39, 0.29) is 22.2 Å². The summed E-state index contributed by atoms with van der Waals surface area (Å²) in [7, 11) is 0. The Morgan fingerprint density at radius 1 is 0.929 bits per heavy atom. The predicted octanol–water partition coefficient (Wildman–Crippen LogP) is 5.17. The summed E-state index contributed by atoms with van der Waals surface area (Å²) in [6.45, 7) is 1.39. The number of carbonyl (C=O) groups excluding carboxylic acids is 2. The van der Waals surface area contributed by atoms with Crippen LogP contribution in [-0.4, -0.2) is 29.8 Å². The summed E-state index contributed by atoms with van der Waals surface area (Å²) in [5.74, 6) is -0.615. The Labute approximate surface area is 175 Å². The molecule has 0 aliphatic carbocycles. The number of hydrogen-bond acceptors (Lipinski definition) is 2. The van der Waals surface area contributed by atoms with Crippen LogP contribution >= 0.6 is 23.2 Å². The van der Waals surface area contributed by atoms with Gasteiger partial charge in [0.2, 0.25) is 0 Å². The molecule has 1 fully saturated rings. The number of rotatable bonds is 4. The van der Waals surface area contributed by atoms with Crippen molar-refractivity contribution >= 4 is 41.1 Å². The molecule has 28 heavy (non-hydrogen) atoms. The zero-order valence-corrected chi connectivity index (χ0v) is 17.0. The number of likely N-dealkylation sites (tertiary alicyclic amines) is 1. The number of halogens is 2. The monoisotopic (exact) mass is 416 g/mol. The number of carbonyl (C=O) groups is 2. The molecule has 0 bridgehead atoms. The molecule has 1 heterocycles. The van der Waals surface area contributed by atoms with E-state index < -0.39 is 5.91 Å². The molecule has 0 unspecified atom stereocenters. The molecule has 2 aromatic carbocycles. The zero-order chi connectivity index (χ0) is 19.9. The van der Waals surface area contributed by atoms with Crippen LogP contribution in [-0.2, 0) is 4.79 Å². The lowest BCUT2D eigenvalue weighted by Gasteiger charge is -2.22. The van der Waals surface area contributed by atoms with E-state index in [2.05, 4.69) is 5.32 Å². The molecule has 4 nitrogen and oxygen atoms in total. The van der Waals surface area contributed by atoms with Gasteiger partial charge in [-0.25, -0.2) is 0 Å².